The molecule has 0 aliphatic heterocycles. The highest BCUT2D eigenvalue weighted by Gasteiger charge is 2.18. The molecule has 2 rings (SSSR count). The van der Waals surface area contributed by atoms with Gasteiger partial charge in [0.25, 0.3) is 0 Å². The van der Waals surface area contributed by atoms with E-state index in [-0.39, 0.29) is 5.97 Å². The van der Waals surface area contributed by atoms with Gasteiger partial charge in [-0.2, -0.15) is 5.26 Å². The van der Waals surface area contributed by atoms with E-state index in [9.17, 15) is 10.1 Å². The van der Waals surface area contributed by atoms with Crippen molar-refractivity contribution in [1.29, 1.82) is 5.26 Å². The number of nitriles is 1. The Morgan fingerprint density at radius 3 is 2.81 bits per heavy atom. The fourth-order valence-corrected chi connectivity index (χ4v) is 2.19. The molecule has 0 saturated carbocycles. The number of hydrogen-bond donors (Lipinski definition) is 0. The molecule has 0 radical (unpaired) electrons. The first-order valence-corrected chi connectivity index (χ1v) is 6.85. The third-order valence-corrected chi connectivity index (χ3v) is 3.23. The number of rotatable bonds is 5. The first-order chi connectivity index (χ1) is 10.2. The molecule has 0 aliphatic carbocycles. The molecule has 0 heterocycles. The maximum atomic E-state index is 11.6. The lowest BCUT2D eigenvalue weighted by atomic mass is 10.0. The summed E-state index contributed by atoms with van der Waals surface area (Å²) in [6, 6.07) is 13.3. The van der Waals surface area contributed by atoms with E-state index in [4.69, 9.17) is 9.47 Å². The van der Waals surface area contributed by atoms with Gasteiger partial charge in [-0.05, 0) is 29.3 Å². The Morgan fingerprint density at radius 2 is 2.14 bits per heavy atom. The minimum Gasteiger partial charge on any atom is -0.497 e. The molecule has 2 aromatic carbocycles. The van der Waals surface area contributed by atoms with Crippen molar-refractivity contribution in [3.8, 4) is 11.8 Å². The maximum absolute atomic E-state index is 11.6. The lowest BCUT2D eigenvalue weighted by Crippen LogP contribution is -2.10. The Bertz CT molecular complexity index is 688. The molecule has 0 N–H and O–H groups in total. The molecule has 0 bridgehead atoms. The molecule has 1 atom stereocenters. The summed E-state index contributed by atoms with van der Waals surface area (Å²) in [7, 11) is 1.59. The van der Waals surface area contributed by atoms with E-state index in [0.29, 0.717) is 24.2 Å². The van der Waals surface area contributed by atoms with Crippen molar-refractivity contribution < 1.29 is 14.3 Å². The highest BCUT2D eigenvalue weighted by molar-refractivity contribution is 5.88. The third-order valence-electron chi connectivity index (χ3n) is 3.23. The van der Waals surface area contributed by atoms with Crippen LogP contribution in [0.2, 0.25) is 0 Å². The number of hydrogen-bond acceptors (Lipinski definition) is 4. The van der Waals surface area contributed by atoms with E-state index in [1.165, 1.54) is 0 Å². The van der Waals surface area contributed by atoms with E-state index in [2.05, 4.69) is 6.07 Å². The summed E-state index contributed by atoms with van der Waals surface area (Å²) in [5.74, 6) is 0.343. The first-order valence-electron chi connectivity index (χ1n) is 6.85. The van der Waals surface area contributed by atoms with Crippen molar-refractivity contribution in [2.75, 3.05) is 7.11 Å². The molecule has 108 valence electrons. The van der Waals surface area contributed by atoms with Gasteiger partial charge >= 0.3 is 5.97 Å². The summed E-state index contributed by atoms with van der Waals surface area (Å²) in [5, 5.41) is 11.2. The van der Waals surface area contributed by atoms with Gasteiger partial charge in [0.05, 0.1) is 7.11 Å². The van der Waals surface area contributed by atoms with Gasteiger partial charge in [-0.1, -0.05) is 31.2 Å². The Morgan fingerprint density at radius 1 is 1.33 bits per heavy atom. The average Bonchev–Trinajstić information content (AvgIpc) is 2.52. The largest absolute Gasteiger partial charge is 0.497 e. The lowest BCUT2D eigenvalue weighted by Gasteiger charge is -2.14. The molecule has 2 aromatic rings. The summed E-state index contributed by atoms with van der Waals surface area (Å²) >= 11 is 0. The van der Waals surface area contributed by atoms with Crippen molar-refractivity contribution in [3.05, 3.63) is 42.0 Å². The van der Waals surface area contributed by atoms with Gasteiger partial charge in [-0.3, -0.25) is 4.79 Å². The molecular weight excluding hydrogens is 266 g/mol. The number of methoxy groups -OCH3 is 1. The second kappa shape index (κ2) is 6.76. The third kappa shape index (κ3) is 3.32. The van der Waals surface area contributed by atoms with Gasteiger partial charge in [-0.25, -0.2) is 0 Å². The zero-order chi connectivity index (χ0) is 15.2. The van der Waals surface area contributed by atoms with E-state index in [1.54, 1.807) is 13.2 Å². The molecule has 1 unspecified atom stereocenters. The van der Waals surface area contributed by atoms with Crippen molar-refractivity contribution in [2.45, 2.75) is 25.9 Å². The van der Waals surface area contributed by atoms with Gasteiger partial charge in [0.1, 0.15) is 11.8 Å². The molecule has 4 nitrogen and oxygen atoms in total. The highest BCUT2D eigenvalue weighted by atomic mass is 16.5. The second-order valence-electron chi connectivity index (χ2n) is 4.68. The first kappa shape index (κ1) is 14.9. The van der Waals surface area contributed by atoms with Crippen molar-refractivity contribution in [2.24, 2.45) is 0 Å². The summed E-state index contributed by atoms with van der Waals surface area (Å²) in [6.07, 6.45) is 0.104. The molecule has 0 amide bonds. The molecule has 4 heteroatoms. The van der Waals surface area contributed by atoms with Crippen LogP contribution in [0, 0.1) is 11.3 Å². The summed E-state index contributed by atoms with van der Waals surface area (Å²) < 4.78 is 10.5. The molecule has 0 spiro atoms. The molecule has 0 aliphatic rings. The molecule has 0 saturated heterocycles. The number of nitrogens with zero attached hydrogens (tertiary/aromatic N) is 1. The Kier molecular flexibility index (Phi) is 4.78. The maximum Gasteiger partial charge on any atom is 0.307 e. The zero-order valence-electron chi connectivity index (χ0n) is 12.1. The van der Waals surface area contributed by atoms with E-state index in [0.717, 1.165) is 10.8 Å². The van der Waals surface area contributed by atoms with Crippen LogP contribution in [0.3, 0.4) is 0 Å². The molecule has 0 fully saturated rings. The number of benzene rings is 2. The van der Waals surface area contributed by atoms with Gasteiger partial charge in [0, 0.05) is 12.0 Å². The van der Waals surface area contributed by atoms with Crippen molar-refractivity contribution >= 4 is 16.7 Å². The van der Waals surface area contributed by atoms with Gasteiger partial charge < -0.3 is 9.47 Å². The quantitative estimate of drug-likeness (QED) is 0.784. The predicted octanol–water partition coefficient (Wildman–Crippen LogP) is 3.76. The van der Waals surface area contributed by atoms with Crippen LogP contribution in [0.5, 0.6) is 5.75 Å². The van der Waals surface area contributed by atoms with Gasteiger partial charge in [-0.15, -0.1) is 0 Å². The number of fused-ring (bicyclic) bond motifs is 1. The summed E-state index contributed by atoms with van der Waals surface area (Å²) in [4.78, 5) is 11.6. The summed E-state index contributed by atoms with van der Waals surface area (Å²) in [6.45, 7) is 1.89. The Balaban J connectivity index is 2.43. The zero-order valence-corrected chi connectivity index (χ0v) is 12.1. The number of carbonyl (C=O) groups is 1. The smallest absolute Gasteiger partial charge is 0.307 e. The minimum absolute atomic E-state index is 0.312. The monoisotopic (exact) mass is 283 g/mol. The molecular formula is C17H17NO3. The highest BCUT2D eigenvalue weighted by Crippen LogP contribution is 2.29. The van der Waals surface area contributed by atoms with Crippen LogP contribution in [-0.2, 0) is 9.53 Å². The SMILES string of the molecule is CCCC(=O)OC(C#N)c1cccc2ccc(OC)cc12. The van der Waals surface area contributed by atoms with Crippen molar-refractivity contribution in [1.82, 2.24) is 0 Å². The van der Waals surface area contributed by atoms with E-state index in [1.807, 2.05) is 37.3 Å². The van der Waals surface area contributed by atoms with Crippen LogP contribution in [0.25, 0.3) is 10.8 Å². The number of esters is 1. The Labute approximate surface area is 123 Å². The van der Waals surface area contributed by atoms with Crippen LogP contribution in [-0.4, -0.2) is 13.1 Å². The average molecular weight is 283 g/mol. The molecule has 0 aromatic heterocycles. The van der Waals surface area contributed by atoms with Crippen LogP contribution in [0.4, 0.5) is 0 Å². The normalized spacial score (nSPS) is 11.7. The second-order valence-corrected chi connectivity index (χ2v) is 4.68. The fraction of sp³-hybridized carbons (Fsp3) is 0.294. The topological polar surface area (TPSA) is 59.3 Å². The fourth-order valence-electron chi connectivity index (χ4n) is 2.19. The van der Waals surface area contributed by atoms with E-state index < -0.39 is 6.10 Å². The summed E-state index contributed by atoms with van der Waals surface area (Å²) in [5.41, 5.74) is 0.679. The lowest BCUT2D eigenvalue weighted by molar-refractivity contribution is -0.146. The number of ether oxygens (including phenoxy) is 2. The van der Waals surface area contributed by atoms with Crippen LogP contribution < -0.4 is 4.74 Å². The van der Waals surface area contributed by atoms with E-state index >= 15 is 0 Å². The minimum atomic E-state index is -0.903. The van der Waals surface area contributed by atoms with Crippen molar-refractivity contribution in [3.63, 3.8) is 0 Å². The van der Waals surface area contributed by atoms with Crippen LogP contribution in [0.15, 0.2) is 36.4 Å². The standard InChI is InChI=1S/C17H17NO3/c1-3-5-17(19)21-16(11-18)14-7-4-6-12-8-9-13(20-2)10-15(12)14/h4,6-10,16H,3,5H2,1-2H3. The Hall–Kier alpha value is -2.54. The number of carbonyl (C=O) groups excluding carboxylic acids is 1. The van der Waals surface area contributed by atoms with Gasteiger partial charge in [0.15, 0.2) is 0 Å². The molecule has 21 heavy (non-hydrogen) atoms. The van der Waals surface area contributed by atoms with Crippen LogP contribution in [0.1, 0.15) is 31.4 Å². The van der Waals surface area contributed by atoms with Gasteiger partial charge in [0.2, 0.25) is 6.10 Å². The predicted molar refractivity (Wildman–Crippen MR) is 79.9 cm³/mol. The van der Waals surface area contributed by atoms with Crippen LogP contribution >= 0.6 is 0 Å².